The Hall–Kier alpha value is -3.64. The maximum Gasteiger partial charge on any atom is 0.365 e. The van der Waals surface area contributed by atoms with Crippen LogP contribution in [0.1, 0.15) is 39.3 Å². The molecule has 2 amide bonds. The van der Waals surface area contributed by atoms with E-state index in [0.717, 1.165) is 10.4 Å². The lowest BCUT2D eigenvalue weighted by atomic mass is 10.1. The molecule has 1 aliphatic rings. The van der Waals surface area contributed by atoms with Gasteiger partial charge in [0, 0.05) is 37.8 Å². The van der Waals surface area contributed by atoms with E-state index in [1.54, 1.807) is 12.1 Å². The first-order valence-corrected chi connectivity index (χ1v) is 12.6. The molecule has 1 aromatic carbocycles. The van der Waals surface area contributed by atoms with Gasteiger partial charge in [-0.1, -0.05) is 0 Å². The summed E-state index contributed by atoms with van der Waals surface area (Å²) >= 11 is 0. The van der Waals surface area contributed by atoms with Crippen LogP contribution in [0.3, 0.4) is 0 Å². The van der Waals surface area contributed by atoms with E-state index in [4.69, 9.17) is 0 Å². The molecule has 0 unspecified atom stereocenters. The number of anilines is 1. The summed E-state index contributed by atoms with van der Waals surface area (Å²) in [6.45, 7) is 0.166. The summed E-state index contributed by atoms with van der Waals surface area (Å²) in [4.78, 5) is 35.3. The normalized spacial score (nSPS) is 15.2. The Kier molecular flexibility index (Phi) is 6.68. The number of benzene rings is 1. The Labute approximate surface area is 201 Å². The van der Waals surface area contributed by atoms with Gasteiger partial charge >= 0.3 is 5.91 Å². The fourth-order valence-electron chi connectivity index (χ4n) is 3.96. The number of nitrogens with two attached hydrogens (primary N) is 1. The third-order valence-electron chi connectivity index (χ3n) is 5.75. The van der Waals surface area contributed by atoms with Crippen molar-refractivity contribution >= 4 is 38.6 Å². The van der Waals surface area contributed by atoms with Crippen LogP contribution in [0.5, 0.6) is 5.75 Å². The van der Waals surface area contributed by atoms with Gasteiger partial charge in [0.2, 0.25) is 15.7 Å². The van der Waals surface area contributed by atoms with Gasteiger partial charge in [-0.05, 0) is 43.2 Å². The third kappa shape index (κ3) is 4.80. The lowest BCUT2D eigenvalue weighted by molar-refractivity contribution is -0.572. The van der Waals surface area contributed by atoms with E-state index in [1.807, 2.05) is 0 Å². The quantitative estimate of drug-likeness (QED) is 0.531. The second-order valence-corrected chi connectivity index (χ2v) is 10.4. The predicted octanol–water partition coefficient (Wildman–Crippen LogP) is 1.01. The summed E-state index contributed by atoms with van der Waals surface area (Å²) in [5.74, 6) is -2.17. The first kappa shape index (κ1) is 24.5. The molecule has 1 aliphatic heterocycles. The van der Waals surface area contributed by atoms with E-state index in [-0.39, 0.29) is 41.4 Å². The van der Waals surface area contributed by atoms with Gasteiger partial charge in [0.05, 0.1) is 11.3 Å². The van der Waals surface area contributed by atoms with E-state index in [1.165, 1.54) is 42.6 Å². The van der Waals surface area contributed by atoms with Crippen LogP contribution in [0.2, 0.25) is 0 Å². The molecule has 184 valence electrons. The van der Waals surface area contributed by atoms with Crippen molar-refractivity contribution in [2.75, 3.05) is 30.7 Å². The number of primary amides is 1. The first-order chi connectivity index (χ1) is 16.6. The lowest BCUT2D eigenvalue weighted by Gasteiger charge is -2.28. The molecule has 3 N–H and O–H groups in total. The molecule has 3 aromatic rings. The number of rotatable bonds is 5. The topological polar surface area (TPSA) is 137 Å². The molecular weight excluding hydrogens is 477 g/mol. The number of sulfonamides is 1. The Morgan fingerprint density at radius 1 is 1.23 bits per heavy atom. The largest absolute Gasteiger partial charge is 0.504 e. The first-order valence-electron chi connectivity index (χ1n) is 11.0. The van der Waals surface area contributed by atoms with Crippen LogP contribution in [-0.2, 0) is 16.6 Å². The highest BCUT2D eigenvalue weighted by Gasteiger charge is 2.32. The number of quaternary nitrogens is 1. The van der Waals surface area contributed by atoms with Gasteiger partial charge in [0.25, 0.3) is 5.91 Å². The lowest BCUT2D eigenvalue weighted by Crippen LogP contribution is -2.86. The number of nitrogens with zero attached hydrogens (tertiary/aromatic N) is 4. The maximum absolute atomic E-state index is 13.8. The molecule has 0 radical (unpaired) electrons. The number of pyridine rings is 2. The van der Waals surface area contributed by atoms with Gasteiger partial charge in [0.1, 0.15) is 17.9 Å². The van der Waals surface area contributed by atoms with Crippen molar-refractivity contribution in [3.8, 4) is 5.75 Å². The van der Waals surface area contributed by atoms with Gasteiger partial charge < -0.3 is 10.0 Å². The van der Waals surface area contributed by atoms with Crippen LogP contribution in [0.15, 0.2) is 36.5 Å². The van der Waals surface area contributed by atoms with Gasteiger partial charge in [-0.2, -0.15) is 0 Å². The Morgan fingerprint density at radius 2 is 2.00 bits per heavy atom. The van der Waals surface area contributed by atoms with Gasteiger partial charge in [0.15, 0.2) is 11.6 Å². The number of fused-ring (bicyclic) bond motifs is 1. The van der Waals surface area contributed by atoms with Crippen LogP contribution in [0, 0.1) is 5.82 Å². The van der Waals surface area contributed by atoms with Crippen LogP contribution >= 0.6 is 0 Å². The zero-order chi connectivity index (χ0) is 25.3. The molecular formula is C23H25FN5O5S+. The highest BCUT2D eigenvalue weighted by Crippen LogP contribution is 2.34. The van der Waals surface area contributed by atoms with E-state index >= 15 is 0 Å². The van der Waals surface area contributed by atoms with Crippen molar-refractivity contribution in [2.45, 2.75) is 19.4 Å². The average Bonchev–Trinajstić information content (AvgIpc) is 2.83. The molecule has 3 heterocycles. The molecule has 0 atom stereocenters. The summed E-state index contributed by atoms with van der Waals surface area (Å²) in [5, 5.41) is 12.3. The van der Waals surface area contributed by atoms with Crippen molar-refractivity contribution in [2.24, 2.45) is 0 Å². The summed E-state index contributed by atoms with van der Waals surface area (Å²) in [7, 11) is -0.576. The number of halogens is 1. The second kappa shape index (κ2) is 9.55. The minimum absolute atomic E-state index is 0.0348. The molecule has 12 heteroatoms. The highest BCUT2D eigenvalue weighted by molar-refractivity contribution is 7.92. The van der Waals surface area contributed by atoms with E-state index < -0.39 is 33.4 Å². The number of amides is 2. The van der Waals surface area contributed by atoms with Crippen molar-refractivity contribution in [1.29, 1.82) is 0 Å². The molecule has 0 saturated carbocycles. The standard InChI is InChI=1S/C23H24FN5O5S/c1-28(2)23(32)17-12-15(24)8-7-14(17)13-26-22(31)19-20(30)18-16(6-5-9-25-18)21(27-19)29-10-3-4-11-35(29,33)34/h5-9,12,30H,3-4,10-11,13H2,1-2H3,(H,26,31)/p+1. The number of hydrogen-bond donors (Lipinski definition) is 2. The minimum atomic E-state index is -3.64. The van der Waals surface area contributed by atoms with Crippen LogP contribution in [0.4, 0.5) is 10.2 Å². The highest BCUT2D eigenvalue weighted by atomic mass is 32.2. The van der Waals surface area contributed by atoms with Crippen LogP contribution in [-0.4, -0.2) is 66.6 Å². The second-order valence-electron chi connectivity index (χ2n) is 8.40. The molecule has 35 heavy (non-hydrogen) atoms. The maximum atomic E-state index is 13.8. The van der Waals surface area contributed by atoms with Crippen molar-refractivity contribution in [3.05, 3.63) is 59.2 Å². The molecule has 1 fully saturated rings. The molecule has 4 rings (SSSR count). The monoisotopic (exact) mass is 502 g/mol. The molecule has 0 spiro atoms. The molecule has 0 bridgehead atoms. The van der Waals surface area contributed by atoms with Crippen LogP contribution < -0.4 is 9.62 Å². The Morgan fingerprint density at radius 3 is 2.71 bits per heavy atom. The number of aromatic hydroxyl groups is 1. The smallest absolute Gasteiger partial charge is 0.365 e. The summed E-state index contributed by atoms with van der Waals surface area (Å²) in [6, 6.07) is 6.88. The van der Waals surface area contributed by atoms with Gasteiger partial charge in [-0.25, -0.2) is 22.6 Å². The van der Waals surface area contributed by atoms with E-state index in [2.05, 4.69) is 9.97 Å². The van der Waals surface area contributed by atoms with E-state index in [0.29, 0.717) is 23.8 Å². The molecule has 2 aromatic heterocycles. The molecule has 0 aliphatic carbocycles. The SMILES string of the molecule is CN(C)C(=O)c1cc(F)ccc1C[NH2+]C(=O)c1nc(N2CCCCS2(=O)=O)c2cccnc2c1O. The fraction of sp³-hybridized carbons (Fsp3) is 0.304. The van der Waals surface area contributed by atoms with Gasteiger partial charge in [-0.15, -0.1) is 0 Å². The van der Waals surface area contributed by atoms with Crippen molar-refractivity contribution in [3.63, 3.8) is 0 Å². The van der Waals surface area contributed by atoms with E-state index in [9.17, 15) is 27.5 Å². The van der Waals surface area contributed by atoms with Crippen molar-refractivity contribution in [1.82, 2.24) is 14.9 Å². The average molecular weight is 503 g/mol. The predicted molar refractivity (Wildman–Crippen MR) is 126 cm³/mol. The summed E-state index contributed by atoms with van der Waals surface area (Å²) in [5.41, 5.74) is 0.224. The Balaban J connectivity index is 1.72. The zero-order valence-corrected chi connectivity index (χ0v) is 20.0. The number of hydrogen-bond acceptors (Lipinski definition) is 7. The Bertz CT molecular complexity index is 1430. The number of carbonyl (C=O) groups is 2. The zero-order valence-electron chi connectivity index (χ0n) is 19.2. The fourth-order valence-corrected chi connectivity index (χ4v) is 5.56. The number of carbonyl (C=O) groups excluding carboxylic acids is 2. The third-order valence-corrected chi connectivity index (χ3v) is 7.58. The summed E-state index contributed by atoms with van der Waals surface area (Å²) < 4.78 is 40.4. The summed E-state index contributed by atoms with van der Waals surface area (Å²) in [6.07, 6.45) is 2.58. The number of aromatic nitrogens is 2. The molecule has 1 saturated heterocycles. The van der Waals surface area contributed by atoms with Crippen LogP contribution in [0.25, 0.3) is 10.9 Å². The molecule has 10 nitrogen and oxygen atoms in total. The van der Waals surface area contributed by atoms with Gasteiger partial charge in [-0.3, -0.25) is 19.4 Å². The minimum Gasteiger partial charge on any atom is -0.504 e. The van der Waals surface area contributed by atoms with Crippen molar-refractivity contribution < 1.29 is 32.8 Å².